The van der Waals surface area contributed by atoms with Gasteiger partial charge in [-0.3, -0.25) is 0 Å². The molecule has 2 aromatic rings. The van der Waals surface area contributed by atoms with Gasteiger partial charge in [-0.25, -0.2) is 14.4 Å². The molecule has 0 radical (unpaired) electrons. The number of halogens is 1. The average molecular weight is 298 g/mol. The van der Waals surface area contributed by atoms with Crippen molar-refractivity contribution in [2.24, 2.45) is 0 Å². The Labute approximate surface area is 129 Å². The predicted octanol–water partition coefficient (Wildman–Crippen LogP) is 3.18. The van der Waals surface area contributed by atoms with Crippen LogP contribution in [0.1, 0.15) is 30.7 Å². The van der Waals surface area contributed by atoms with Gasteiger partial charge in [-0.1, -0.05) is 12.1 Å². The molecule has 2 atom stereocenters. The van der Waals surface area contributed by atoms with E-state index < -0.39 is 0 Å². The van der Waals surface area contributed by atoms with Gasteiger partial charge in [0.05, 0.1) is 0 Å². The van der Waals surface area contributed by atoms with Gasteiger partial charge in [0.2, 0.25) is 0 Å². The van der Waals surface area contributed by atoms with E-state index in [0.717, 1.165) is 36.7 Å². The lowest BCUT2D eigenvalue weighted by molar-refractivity contribution is 0.625. The summed E-state index contributed by atoms with van der Waals surface area (Å²) in [5.41, 5.74) is 1.06. The summed E-state index contributed by atoms with van der Waals surface area (Å²) in [6, 6.07) is 9.24. The third-order valence-electron chi connectivity index (χ3n) is 4.48. The van der Waals surface area contributed by atoms with E-state index in [1.165, 1.54) is 18.9 Å². The summed E-state index contributed by atoms with van der Waals surface area (Å²) < 4.78 is 13.3. The molecule has 0 bridgehead atoms. The molecule has 114 valence electrons. The summed E-state index contributed by atoms with van der Waals surface area (Å²) in [6.07, 6.45) is 5.11. The maximum atomic E-state index is 13.3. The minimum atomic E-state index is -0.165. The molecule has 2 aliphatic rings. The third-order valence-corrected chi connectivity index (χ3v) is 4.48. The number of benzene rings is 1. The Morgan fingerprint density at radius 1 is 1.14 bits per heavy atom. The van der Waals surface area contributed by atoms with Crippen LogP contribution < -0.4 is 10.2 Å². The van der Waals surface area contributed by atoms with Crippen LogP contribution in [0.15, 0.2) is 36.7 Å². The Hall–Kier alpha value is -2.17. The largest absolute Gasteiger partial charge is 0.367 e. The fraction of sp³-hybridized carbons (Fsp3) is 0.412. The van der Waals surface area contributed by atoms with Crippen LogP contribution in [0.25, 0.3) is 0 Å². The van der Waals surface area contributed by atoms with Crippen molar-refractivity contribution in [3.8, 4) is 0 Å². The maximum absolute atomic E-state index is 13.3. The first-order chi connectivity index (χ1) is 10.8. The topological polar surface area (TPSA) is 41.0 Å². The quantitative estimate of drug-likeness (QED) is 0.941. The zero-order valence-corrected chi connectivity index (χ0v) is 12.4. The summed E-state index contributed by atoms with van der Waals surface area (Å²) in [5.74, 6) is 2.07. The highest BCUT2D eigenvalue weighted by Gasteiger charge is 2.38. The van der Waals surface area contributed by atoms with Gasteiger partial charge in [0.1, 0.15) is 23.8 Å². The Balaban J connectivity index is 1.43. The van der Waals surface area contributed by atoms with Crippen molar-refractivity contribution in [3.63, 3.8) is 0 Å². The lowest BCUT2D eigenvalue weighted by Crippen LogP contribution is -2.19. The maximum Gasteiger partial charge on any atom is 0.134 e. The molecule has 5 heteroatoms. The first kappa shape index (κ1) is 13.5. The van der Waals surface area contributed by atoms with Crippen LogP contribution in [0.4, 0.5) is 16.0 Å². The van der Waals surface area contributed by atoms with Crippen molar-refractivity contribution in [2.75, 3.05) is 23.3 Å². The fourth-order valence-corrected chi connectivity index (χ4v) is 3.20. The van der Waals surface area contributed by atoms with Crippen molar-refractivity contribution < 1.29 is 4.39 Å². The van der Waals surface area contributed by atoms with E-state index in [4.69, 9.17) is 0 Å². The summed E-state index contributed by atoms with van der Waals surface area (Å²) in [5, 5.41) is 3.45. The number of anilines is 2. The Kier molecular flexibility index (Phi) is 3.41. The van der Waals surface area contributed by atoms with E-state index in [9.17, 15) is 4.39 Å². The van der Waals surface area contributed by atoms with Gasteiger partial charge >= 0.3 is 0 Å². The normalized spacial score (nSPS) is 23.6. The molecule has 1 aliphatic heterocycles. The molecule has 22 heavy (non-hydrogen) atoms. The van der Waals surface area contributed by atoms with Gasteiger partial charge in [-0.2, -0.15) is 0 Å². The van der Waals surface area contributed by atoms with Crippen LogP contribution in [-0.4, -0.2) is 29.1 Å². The molecule has 4 nitrogen and oxygen atoms in total. The van der Waals surface area contributed by atoms with Crippen molar-refractivity contribution in [1.82, 2.24) is 9.97 Å². The Morgan fingerprint density at radius 2 is 2.00 bits per heavy atom. The monoisotopic (exact) mass is 298 g/mol. The minimum absolute atomic E-state index is 0.165. The van der Waals surface area contributed by atoms with Crippen molar-refractivity contribution in [1.29, 1.82) is 0 Å². The third kappa shape index (κ3) is 2.75. The minimum Gasteiger partial charge on any atom is -0.367 e. The van der Waals surface area contributed by atoms with Crippen LogP contribution in [0, 0.1) is 5.82 Å². The summed E-state index contributed by atoms with van der Waals surface area (Å²) in [7, 11) is 0. The van der Waals surface area contributed by atoms with Crippen molar-refractivity contribution in [2.45, 2.75) is 31.2 Å². The molecule has 0 amide bonds. The van der Waals surface area contributed by atoms with Gasteiger partial charge in [0.15, 0.2) is 0 Å². The van der Waals surface area contributed by atoms with E-state index in [1.807, 2.05) is 12.1 Å². The SMILES string of the molecule is Fc1cccc([C@@H]2C[C@H]2Nc2cc(N3CCCC3)ncn2)c1. The van der Waals surface area contributed by atoms with E-state index in [1.54, 1.807) is 18.5 Å². The lowest BCUT2D eigenvalue weighted by atomic mass is 10.1. The van der Waals surface area contributed by atoms with Crippen molar-refractivity contribution in [3.05, 3.63) is 48.0 Å². The first-order valence-corrected chi connectivity index (χ1v) is 7.88. The number of nitrogens with zero attached hydrogens (tertiary/aromatic N) is 3. The second-order valence-electron chi connectivity index (χ2n) is 6.10. The van der Waals surface area contributed by atoms with E-state index in [0.29, 0.717) is 12.0 Å². The molecule has 1 N–H and O–H groups in total. The Bertz CT molecular complexity index is 669. The van der Waals surface area contributed by atoms with Crippen molar-refractivity contribution >= 4 is 11.6 Å². The van der Waals surface area contributed by atoms with Gasteiger partial charge in [0, 0.05) is 31.1 Å². The molecule has 1 aromatic carbocycles. The zero-order valence-electron chi connectivity index (χ0n) is 12.4. The second-order valence-corrected chi connectivity index (χ2v) is 6.10. The number of aromatic nitrogens is 2. The van der Waals surface area contributed by atoms with Gasteiger partial charge < -0.3 is 10.2 Å². The summed E-state index contributed by atoms with van der Waals surface area (Å²) >= 11 is 0. The summed E-state index contributed by atoms with van der Waals surface area (Å²) in [6.45, 7) is 2.15. The number of nitrogens with one attached hydrogen (secondary N) is 1. The smallest absolute Gasteiger partial charge is 0.134 e. The van der Waals surface area contributed by atoms with Crippen LogP contribution in [0.3, 0.4) is 0 Å². The number of rotatable bonds is 4. The molecule has 1 aromatic heterocycles. The van der Waals surface area contributed by atoms with Crippen LogP contribution >= 0.6 is 0 Å². The molecule has 1 saturated carbocycles. The molecular formula is C17H19FN4. The molecule has 4 rings (SSSR count). The number of hydrogen-bond acceptors (Lipinski definition) is 4. The molecule has 2 fully saturated rings. The van der Waals surface area contributed by atoms with Crippen LogP contribution in [0.2, 0.25) is 0 Å². The molecule has 1 saturated heterocycles. The average Bonchev–Trinajstić information content (AvgIpc) is 3.08. The highest BCUT2D eigenvalue weighted by Crippen LogP contribution is 2.42. The molecule has 0 unspecified atom stereocenters. The summed E-state index contributed by atoms with van der Waals surface area (Å²) in [4.78, 5) is 11.0. The molecule has 0 spiro atoms. The fourth-order valence-electron chi connectivity index (χ4n) is 3.20. The molecule has 2 heterocycles. The van der Waals surface area contributed by atoms with E-state index >= 15 is 0 Å². The second kappa shape index (κ2) is 5.55. The van der Waals surface area contributed by atoms with Gasteiger partial charge in [-0.05, 0) is 37.0 Å². The Morgan fingerprint density at radius 3 is 2.82 bits per heavy atom. The van der Waals surface area contributed by atoms with Gasteiger partial charge in [0.25, 0.3) is 0 Å². The standard InChI is InChI=1S/C17H19FN4/c18-13-5-3-4-12(8-13)14-9-15(14)21-16-10-17(20-11-19-16)22-6-1-2-7-22/h3-5,8,10-11,14-15H,1-2,6-7,9H2,(H,19,20,21)/t14-,15+/m0/s1. The van der Waals surface area contributed by atoms with Crippen LogP contribution in [0.5, 0.6) is 0 Å². The highest BCUT2D eigenvalue weighted by atomic mass is 19.1. The lowest BCUT2D eigenvalue weighted by Gasteiger charge is -2.16. The van der Waals surface area contributed by atoms with Crippen LogP contribution in [-0.2, 0) is 0 Å². The van der Waals surface area contributed by atoms with E-state index in [2.05, 4.69) is 20.2 Å². The van der Waals surface area contributed by atoms with E-state index in [-0.39, 0.29) is 5.82 Å². The zero-order chi connectivity index (χ0) is 14.9. The predicted molar refractivity (Wildman–Crippen MR) is 84.6 cm³/mol. The van der Waals surface area contributed by atoms with Gasteiger partial charge in [-0.15, -0.1) is 0 Å². The molecular weight excluding hydrogens is 279 g/mol. The highest BCUT2D eigenvalue weighted by molar-refractivity contribution is 5.51. The number of hydrogen-bond donors (Lipinski definition) is 1. The first-order valence-electron chi connectivity index (χ1n) is 7.88. The molecule has 1 aliphatic carbocycles.